The molecule has 4 N–H and O–H groups in total. The fourth-order valence-electron chi connectivity index (χ4n) is 4.60. The maximum absolute atomic E-state index is 12.9. The van der Waals surface area contributed by atoms with E-state index in [1.165, 1.54) is 11.0 Å². The topological polar surface area (TPSA) is 139 Å². The molecule has 0 fully saturated rings. The zero-order valence-electron chi connectivity index (χ0n) is 20.1. The summed E-state index contributed by atoms with van der Waals surface area (Å²) in [6, 6.07) is 13.3. The van der Waals surface area contributed by atoms with E-state index in [0.717, 1.165) is 22.3 Å². The molecule has 1 heterocycles. The first-order chi connectivity index (χ1) is 17.2. The molecule has 9 nitrogen and oxygen atoms in total. The number of carboxylic acids is 1. The van der Waals surface area contributed by atoms with Gasteiger partial charge in [-0.15, -0.1) is 0 Å². The minimum atomic E-state index is -1.64. The SMILES string of the molecule is CC(C)[C@H](N)C(=O)[C@H](NC1=CC(=O)CN(C(=O)OCC2c3ccccc3-c3ccccc32)C1)C(=O)O. The van der Waals surface area contributed by atoms with Gasteiger partial charge < -0.3 is 20.9 Å². The molecular formula is C27H29N3O6. The van der Waals surface area contributed by atoms with Crippen molar-refractivity contribution in [3.63, 3.8) is 0 Å². The van der Waals surface area contributed by atoms with Crippen molar-refractivity contribution in [2.24, 2.45) is 11.7 Å². The molecule has 2 aliphatic rings. The molecular weight excluding hydrogens is 462 g/mol. The Labute approximate surface area is 208 Å². The van der Waals surface area contributed by atoms with E-state index >= 15 is 0 Å². The number of fused-ring (bicyclic) bond motifs is 3. The average Bonchev–Trinajstić information content (AvgIpc) is 3.18. The van der Waals surface area contributed by atoms with Crippen molar-refractivity contribution < 1.29 is 29.0 Å². The Hall–Kier alpha value is -3.98. The normalized spacial score (nSPS) is 16.6. The number of ketones is 2. The fourth-order valence-corrected chi connectivity index (χ4v) is 4.60. The van der Waals surface area contributed by atoms with Crippen molar-refractivity contribution in [2.75, 3.05) is 19.7 Å². The van der Waals surface area contributed by atoms with Crippen molar-refractivity contribution in [3.05, 3.63) is 71.4 Å². The van der Waals surface area contributed by atoms with Crippen LogP contribution in [0.5, 0.6) is 0 Å². The minimum absolute atomic E-state index is 0.0868. The predicted molar refractivity (Wildman–Crippen MR) is 132 cm³/mol. The number of hydrogen-bond acceptors (Lipinski definition) is 7. The largest absolute Gasteiger partial charge is 0.479 e. The van der Waals surface area contributed by atoms with Crippen LogP contribution in [-0.2, 0) is 19.1 Å². The van der Waals surface area contributed by atoms with Crippen LogP contribution in [-0.4, -0.2) is 65.4 Å². The van der Waals surface area contributed by atoms with E-state index in [4.69, 9.17) is 10.5 Å². The lowest BCUT2D eigenvalue weighted by atomic mass is 9.96. The van der Waals surface area contributed by atoms with E-state index in [2.05, 4.69) is 5.32 Å². The highest BCUT2D eigenvalue weighted by molar-refractivity contribution is 6.05. The van der Waals surface area contributed by atoms with Crippen molar-refractivity contribution in [1.82, 2.24) is 10.2 Å². The molecule has 4 rings (SSSR count). The maximum Gasteiger partial charge on any atom is 0.410 e. The van der Waals surface area contributed by atoms with Crippen LogP contribution in [0.25, 0.3) is 11.1 Å². The molecule has 2 aromatic rings. The molecule has 0 saturated heterocycles. The highest BCUT2D eigenvalue weighted by Gasteiger charge is 2.35. The number of ether oxygens (including phenoxy) is 1. The number of benzene rings is 2. The summed E-state index contributed by atoms with van der Waals surface area (Å²) in [4.78, 5) is 50.7. The molecule has 9 heteroatoms. The Morgan fingerprint density at radius 1 is 1.06 bits per heavy atom. The smallest absolute Gasteiger partial charge is 0.410 e. The number of carbonyl (C=O) groups excluding carboxylic acids is 3. The molecule has 0 unspecified atom stereocenters. The lowest BCUT2D eigenvalue weighted by Crippen LogP contribution is -2.54. The summed E-state index contributed by atoms with van der Waals surface area (Å²) in [5.41, 5.74) is 10.3. The van der Waals surface area contributed by atoms with Gasteiger partial charge in [0.1, 0.15) is 6.61 Å². The quantitative estimate of drug-likeness (QED) is 0.478. The van der Waals surface area contributed by atoms with Crippen LogP contribution in [0.1, 0.15) is 30.9 Å². The number of amides is 1. The monoisotopic (exact) mass is 491 g/mol. The molecule has 188 valence electrons. The Morgan fingerprint density at radius 3 is 2.19 bits per heavy atom. The lowest BCUT2D eigenvalue weighted by Gasteiger charge is -2.29. The molecule has 0 saturated carbocycles. The third-order valence-electron chi connectivity index (χ3n) is 6.55. The van der Waals surface area contributed by atoms with Gasteiger partial charge in [0.15, 0.2) is 17.6 Å². The number of rotatable bonds is 8. The van der Waals surface area contributed by atoms with Gasteiger partial charge in [-0.25, -0.2) is 9.59 Å². The number of carbonyl (C=O) groups is 4. The second-order valence-corrected chi connectivity index (χ2v) is 9.38. The van der Waals surface area contributed by atoms with Crippen LogP contribution in [0, 0.1) is 5.92 Å². The van der Waals surface area contributed by atoms with Crippen LogP contribution < -0.4 is 11.1 Å². The van der Waals surface area contributed by atoms with Crippen LogP contribution in [0.15, 0.2) is 60.3 Å². The van der Waals surface area contributed by atoms with E-state index in [-0.39, 0.29) is 37.2 Å². The van der Waals surface area contributed by atoms with Gasteiger partial charge in [-0.3, -0.25) is 14.5 Å². The summed E-state index contributed by atoms with van der Waals surface area (Å²) in [6.07, 6.45) is 0.506. The second kappa shape index (κ2) is 10.3. The van der Waals surface area contributed by atoms with Crippen molar-refractivity contribution in [3.8, 4) is 11.1 Å². The van der Waals surface area contributed by atoms with E-state index in [1.807, 2.05) is 48.5 Å². The Bertz CT molecular complexity index is 1190. The maximum atomic E-state index is 12.9. The number of carboxylic acid groups (broad SMARTS) is 1. The van der Waals surface area contributed by atoms with E-state index < -0.39 is 35.7 Å². The number of hydrogen-bond donors (Lipinski definition) is 3. The van der Waals surface area contributed by atoms with Gasteiger partial charge in [0.05, 0.1) is 19.1 Å². The molecule has 1 amide bonds. The summed E-state index contributed by atoms with van der Waals surface area (Å²) in [6.45, 7) is 3.20. The predicted octanol–water partition coefficient (Wildman–Crippen LogP) is 2.30. The highest BCUT2D eigenvalue weighted by atomic mass is 16.6. The standard InChI is InChI=1S/C27H29N3O6/c1-15(2)23(28)25(32)24(26(33)34)29-16-11-17(31)13-30(12-16)27(35)36-14-22-20-9-5-3-7-18(20)19-8-4-6-10-21(19)22/h3-11,15,22-24,29H,12-14,28H2,1-2H3,(H,33,34)/t23-,24-/m0/s1. The third kappa shape index (κ3) is 5.01. The van der Waals surface area contributed by atoms with Gasteiger partial charge in [-0.05, 0) is 28.2 Å². The number of aliphatic carboxylic acids is 1. The van der Waals surface area contributed by atoms with E-state index in [0.29, 0.717) is 0 Å². The van der Waals surface area contributed by atoms with Crippen LogP contribution >= 0.6 is 0 Å². The first-order valence-electron chi connectivity index (χ1n) is 11.8. The lowest BCUT2D eigenvalue weighted by molar-refractivity contribution is -0.143. The van der Waals surface area contributed by atoms with Gasteiger partial charge in [0, 0.05) is 17.7 Å². The molecule has 0 aromatic heterocycles. The van der Waals surface area contributed by atoms with Gasteiger partial charge in [0.2, 0.25) is 0 Å². The third-order valence-corrected chi connectivity index (χ3v) is 6.55. The molecule has 0 radical (unpaired) electrons. The first-order valence-corrected chi connectivity index (χ1v) is 11.8. The molecule has 1 aliphatic heterocycles. The van der Waals surface area contributed by atoms with Crippen LogP contribution in [0.3, 0.4) is 0 Å². The Morgan fingerprint density at radius 2 is 1.64 bits per heavy atom. The summed E-state index contributed by atoms with van der Waals surface area (Å²) >= 11 is 0. The molecule has 2 atom stereocenters. The van der Waals surface area contributed by atoms with Crippen molar-refractivity contribution in [1.29, 1.82) is 0 Å². The zero-order chi connectivity index (χ0) is 26.0. The molecule has 36 heavy (non-hydrogen) atoms. The number of nitrogens with one attached hydrogen (secondary N) is 1. The van der Waals surface area contributed by atoms with Crippen LogP contribution in [0.2, 0.25) is 0 Å². The molecule has 0 spiro atoms. The van der Waals surface area contributed by atoms with Crippen LogP contribution in [0.4, 0.5) is 4.79 Å². The first kappa shape index (κ1) is 25.1. The number of Topliss-reactive ketones (excluding diaryl/α,β-unsaturated/α-hetero) is 1. The van der Waals surface area contributed by atoms with Crippen molar-refractivity contribution in [2.45, 2.75) is 31.8 Å². The van der Waals surface area contributed by atoms with Gasteiger partial charge >= 0.3 is 12.1 Å². The summed E-state index contributed by atoms with van der Waals surface area (Å²) in [5.74, 6) is -2.93. The average molecular weight is 492 g/mol. The second-order valence-electron chi connectivity index (χ2n) is 9.38. The molecule has 0 bridgehead atoms. The highest BCUT2D eigenvalue weighted by Crippen LogP contribution is 2.44. The van der Waals surface area contributed by atoms with Gasteiger partial charge in [-0.1, -0.05) is 62.4 Å². The Kier molecular flexibility index (Phi) is 7.21. The summed E-state index contributed by atoms with van der Waals surface area (Å²) in [7, 11) is 0. The van der Waals surface area contributed by atoms with Gasteiger partial charge in [-0.2, -0.15) is 0 Å². The number of nitrogens with zero attached hydrogens (tertiary/aromatic N) is 1. The van der Waals surface area contributed by atoms with E-state index in [9.17, 15) is 24.3 Å². The van der Waals surface area contributed by atoms with Crippen molar-refractivity contribution >= 4 is 23.6 Å². The van der Waals surface area contributed by atoms with Gasteiger partial charge in [0.25, 0.3) is 0 Å². The zero-order valence-corrected chi connectivity index (χ0v) is 20.1. The fraction of sp³-hybridized carbons (Fsp3) is 0.333. The number of nitrogens with two attached hydrogens (primary N) is 1. The van der Waals surface area contributed by atoms with E-state index in [1.54, 1.807) is 13.8 Å². The Balaban J connectivity index is 1.44. The summed E-state index contributed by atoms with van der Waals surface area (Å²) in [5, 5.41) is 12.1. The minimum Gasteiger partial charge on any atom is -0.479 e. The molecule has 2 aromatic carbocycles. The summed E-state index contributed by atoms with van der Waals surface area (Å²) < 4.78 is 5.62. The molecule has 1 aliphatic carbocycles.